The zero-order valence-corrected chi connectivity index (χ0v) is 13.1. The molecular weight excluding hydrogens is 284 g/mol. The Morgan fingerprint density at radius 1 is 1.10 bits per heavy atom. The molecule has 5 heteroatoms. The van der Waals surface area contributed by atoms with Gasteiger partial charge in [-0.3, -0.25) is 0 Å². The number of rotatable bonds is 5. The number of nitrogens with two attached hydrogens (primary N) is 1. The molecular formula is C16H20N2O2S. The number of nitrogens with zero attached hydrogens (tertiary/aromatic N) is 1. The maximum Gasteiger partial charge on any atom is 0.244 e. The van der Waals surface area contributed by atoms with E-state index in [9.17, 15) is 8.42 Å². The van der Waals surface area contributed by atoms with Gasteiger partial charge in [0.1, 0.15) is 4.90 Å². The van der Waals surface area contributed by atoms with E-state index in [0.717, 1.165) is 11.1 Å². The molecule has 0 aliphatic carbocycles. The van der Waals surface area contributed by atoms with Gasteiger partial charge in [-0.2, -0.15) is 0 Å². The molecule has 2 N–H and O–H groups in total. The Bertz CT molecular complexity index is 712. The number of likely N-dealkylation sites (N-methyl/N-ethyl adjacent to an activating group) is 1. The lowest BCUT2D eigenvalue weighted by Crippen LogP contribution is -2.29. The molecule has 0 aliphatic heterocycles. The fraction of sp³-hybridized carbons (Fsp3) is 0.250. The van der Waals surface area contributed by atoms with E-state index >= 15 is 0 Å². The van der Waals surface area contributed by atoms with Crippen molar-refractivity contribution in [3.05, 3.63) is 59.7 Å². The first-order valence-corrected chi connectivity index (χ1v) is 8.21. The highest BCUT2D eigenvalue weighted by atomic mass is 32.2. The third-order valence-corrected chi connectivity index (χ3v) is 5.34. The second-order valence-corrected chi connectivity index (χ2v) is 7.12. The molecule has 21 heavy (non-hydrogen) atoms. The molecule has 0 radical (unpaired) electrons. The predicted octanol–water partition coefficient (Wildman–Crippen LogP) is 2.44. The van der Waals surface area contributed by atoms with Crippen molar-refractivity contribution in [2.75, 3.05) is 19.3 Å². The van der Waals surface area contributed by atoms with Crippen molar-refractivity contribution in [2.45, 2.75) is 18.2 Å². The fourth-order valence-corrected chi connectivity index (χ4v) is 3.39. The Morgan fingerprint density at radius 3 is 2.38 bits per heavy atom. The number of nitrogen functional groups attached to an aromatic ring is 1. The van der Waals surface area contributed by atoms with Crippen LogP contribution in [0.5, 0.6) is 0 Å². The van der Waals surface area contributed by atoms with Gasteiger partial charge < -0.3 is 5.73 Å². The van der Waals surface area contributed by atoms with Gasteiger partial charge in [0.25, 0.3) is 0 Å². The largest absolute Gasteiger partial charge is 0.398 e. The van der Waals surface area contributed by atoms with Gasteiger partial charge in [-0.1, -0.05) is 36.4 Å². The zero-order chi connectivity index (χ0) is 15.5. The Hall–Kier alpha value is -1.85. The number of benzene rings is 2. The van der Waals surface area contributed by atoms with Crippen molar-refractivity contribution >= 4 is 15.7 Å². The number of aryl methyl sites for hydroxylation is 1. The maximum atomic E-state index is 12.5. The summed E-state index contributed by atoms with van der Waals surface area (Å²) in [5.41, 5.74) is 8.19. The summed E-state index contributed by atoms with van der Waals surface area (Å²) in [5, 5.41) is 0. The van der Waals surface area contributed by atoms with Crippen LogP contribution in [0.25, 0.3) is 0 Å². The first kappa shape index (κ1) is 15.5. The van der Waals surface area contributed by atoms with Crippen LogP contribution in [0.2, 0.25) is 0 Å². The molecule has 2 aromatic rings. The van der Waals surface area contributed by atoms with Crippen LogP contribution in [0.1, 0.15) is 11.1 Å². The summed E-state index contributed by atoms with van der Waals surface area (Å²) < 4.78 is 26.4. The van der Waals surface area contributed by atoms with E-state index in [1.807, 2.05) is 37.3 Å². The molecule has 0 bridgehead atoms. The molecule has 0 saturated heterocycles. The summed E-state index contributed by atoms with van der Waals surface area (Å²) in [4.78, 5) is 0.170. The number of sulfonamides is 1. The average Bonchev–Trinajstić information content (AvgIpc) is 2.45. The van der Waals surface area contributed by atoms with Crippen molar-refractivity contribution in [3.8, 4) is 0 Å². The molecule has 0 aromatic heterocycles. The van der Waals surface area contributed by atoms with Gasteiger partial charge in [0, 0.05) is 13.6 Å². The summed E-state index contributed by atoms with van der Waals surface area (Å²) in [6.45, 7) is 2.30. The summed E-state index contributed by atoms with van der Waals surface area (Å²) in [6, 6.07) is 14.8. The molecule has 0 unspecified atom stereocenters. The van der Waals surface area contributed by atoms with Gasteiger partial charge in [0.05, 0.1) is 5.69 Å². The molecule has 0 spiro atoms. The van der Waals surface area contributed by atoms with E-state index < -0.39 is 10.0 Å². The third kappa shape index (κ3) is 3.62. The molecule has 112 valence electrons. The molecule has 4 nitrogen and oxygen atoms in total. The molecule has 0 amide bonds. The third-order valence-electron chi connectivity index (χ3n) is 3.41. The normalized spacial score (nSPS) is 11.8. The predicted molar refractivity (Wildman–Crippen MR) is 85.6 cm³/mol. The first-order valence-electron chi connectivity index (χ1n) is 6.77. The Kier molecular flexibility index (Phi) is 4.65. The molecule has 0 heterocycles. The standard InChI is InChI=1S/C16H20N2O2S/c1-13-8-9-16(15(17)12-13)21(19,20)18(2)11-10-14-6-4-3-5-7-14/h3-9,12H,10-11,17H2,1-2H3. The van der Waals surface area contributed by atoms with E-state index in [4.69, 9.17) is 5.73 Å². The van der Waals surface area contributed by atoms with Crippen molar-refractivity contribution in [3.63, 3.8) is 0 Å². The van der Waals surface area contributed by atoms with Crippen LogP contribution in [0.3, 0.4) is 0 Å². The van der Waals surface area contributed by atoms with E-state index in [-0.39, 0.29) is 4.90 Å². The smallest absolute Gasteiger partial charge is 0.244 e. The first-order chi connectivity index (χ1) is 9.91. The summed E-state index contributed by atoms with van der Waals surface area (Å²) in [6.07, 6.45) is 0.669. The Labute approximate surface area is 126 Å². The maximum absolute atomic E-state index is 12.5. The van der Waals surface area contributed by atoms with Gasteiger partial charge in [0.15, 0.2) is 0 Å². The fourth-order valence-electron chi connectivity index (χ4n) is 2.12. The molecule has 0 saturated carbocycles. The van der Waals surface area contributed by atoms with Crippen LogP contribution in [0.4, 0.5) is 5.69 Å². The molecule has 0 aliphatic rings. The van der Waals surface area contributed by atoms with Gasteiger partial charge in [0.2, 0.25) is 10.0 Å². The van der Waals surface area contributed by atoms with Crippen LogP contribution in [-0.4, -0.2) is 26.3 Å². The molecule has 2 aromatic carbocycles. The monoisotopic (exact) mass is 304 g/mol. The SMILES string of the molecule is Cc1ccc(S(=O)(=O)N(C)CCc2ccccc2)c(N)c1. The summed E-state index contributed by atoms with van der Waals surface area (Å²) in [7, 11) is -1.97. The molecule has 2 rings (SSSR count). The number of anilines is 1. The highest BCUT2D eigenvalue weighted by Crippen LogP contribution is 2.22. The quantitative estimate of drug-likeness (QED) is 0.863. The second-order valence-electron chi connectivity index (χ2n) is 5.10. The lowest BCUT2D eigenvalue weighted by Gasteiger charge is -2.18. The minimum Gasteiger partial charge on any atom is -0.398 e. The lowest BCUT2D eigenvalue weighted by molar-refractivity contribution is 0.473. The Balaban J connectivity index is 2.15. The van der Waals surface area contributed by atoms with Crippen molar-refractivity contribution < 1.29 is 8.42 Å². The number of hydrogen-bond donors (Lipinski definition) is 1. The zero-order valence-electron chi connectivity index (χ0n) is 12.3. The summed E-state index contributed by atoms with van der Waals surface area (Å²) >= 11 is 0. The lowest BCUT2D eigenvalue weighted by atomic mass is 10.2. The second kappa shape index (κ2) is 6.28. The van der Waals surface area contributed by atoms with E-state index in [1.165, 1.54) is 4.31 Å². The van der Waals surface area contributed by atoms with Crippen LogP contribution >= 0.6 is 0 Å². The van der Waals surface area contributed by atoms with Gasteiger partial charge in [-0.25, -0.2) is 12.7 Å². The minimum absolute atomic E-state index is 0.170. The van der Waals surface area contributed by atoms with E-state index in [1.54, 1.807) is 25.2 Å². The van der Waals surface area contributed by atoms with Crippen LogP contribution in [0.15, 0.2) is 53.4 Å². The average molecular weight is 304 g/mol. The topological polar surface area (TPSA) is 63.4 Å². The Morgan fingerprint density at radius 2 is 1.76 bits per heavy atom. The van der Waals surface area contributed by atoms with Gasteiger partial charge >= 0.3 is 0 Å². The molecule has 0 atom stereocenters. The minimum atomic E-state index is -3.55. The van der Waals surface area contributed by atoms with Crippen LogP contribution < -0.4 is 5.73 Å². The van der Waals surface area contributed by atoms with Crippen molar-refractivity contribution in [1.82, 2.24) is 4.31 Å². The highest BCUT2D eigenvalue weighted by molar-refractivity contribution is 7.89. The number of hydrogen-bond acceptors (Lipinski definition) is 3. The van der Waals surface area contributed by atoms with Crippen molar-refractivity contribution in [2.24, 2.45) is 0 Å². The van der Waals surface area contributed by atoms with E-state index in [0.29, 0.717) is 18.7 Å². The van der Waals surface area contributed by atoms with Crippen molar-refractivity contribution in [1.29, 1.82) is 0 Å². The van der Waals surface area contributed by atoms with E-state index in [2.05, 4.69) is 0 Å². The highest BCUT2D eigenvalue weighted by Gasteiger charge is 2.22. The van der Waals surface area contributed by atoms with Gasteiger partial charge in [-0.15, -0.1) is 0 Å². The van der Waals surface area contributed by atoms with Crippen LogP contribution in [-0.2, 0) is 16.4 Å². The molecule has 0 fully saturated rings. The summed E-state index contributed by atoms with van der Waals surface area (Å²) in [5.74, 6) is 0. The van der Waals surface area contributed by atoms with Gasteiger partial charge in [-0.05, 0) is 36.6 Å². The van der Waals surface area contributed by atoms with Crippen LogP contribution in [0, 0.1) is 6.92 Å².